The van der Waals surface area contributed by atoms with E-state index in [2.05, 4.69) is 15.3 Å². The molecule has 0 saturated carbocycles. The van der Waals surface area contributed by atoms with Crippen LogP contribution < -0.4 is 21.5 Å². The van der Waals surface area contributed by atoms with Crippen molar-refractivity contribution < 1.29 is 26.3 Å². The Balaban J connectivity index is 0.00000208. The average Bonchev–Trinajstić information content (AvgIpc) is 3.05. The zero-order valence-electron chi connectivity index (χ0n) is 14.1. The number of carbonyl (C=O) groups excluding carboxylic acids is 1. The molecule has 0 spiro atoms. The lowest BCUT2D eigenvalue weighted by Crippen LogP contribution is -3.00. The molecule has 1 aromatic carbocycles. The summed E-state index contributed by atoms with van der Waals surface area (Å²) in [5.41, 5.74) is 1.80. The monoisotopic (exact) mass is 430 g/mol. The van der Waals surface area contributed by atoms with Crippen LogP contribution in [0, 0.1) is 5.41 Å². The van der Waals surface area contributed by atoms with Crippen LogP contribution in [-0.4, -0.2) is 10.4 Å². The van der Waals surface area contributed by atoms with E-state index in [4.69, 9.17) is 23.2 Å². The van der Waals surface area contributed by atoms with E-state index < -0.39 is 0 Å². The molecule has 0 unspecified atom stereocenters. The van der Waals surface area contributed by atoms with Gasteiger partial charge in [-0.3, -0.25) is 4.79 Å². The molecule has 0 N–H and O–H groups in total. The highest BCUT2D eigenvalue weighted by molar-refractivity contribution is 6.42. The van der Waals surface area contributed by atoms with Gasteiger partial charge in [-0.25, -0.2) is 9.13 Å². The molecule has 0 radical (unpaired) electrons. The van der Waals surface area contributed by atoms with Gasteiger partial charge >= 0.3 is 0 Å². The lowest BCUT2D eigenvalue weighted by Gasteiger charge is -2.14. The number of imidazole rings is 1. The Hall–Kier alpha value is -0.840. The second kappa shape index (κ2) is 7.19. The van der Waals surface area contributed by atoms with E-state index in [0.717, 1.165) is 30.6 Å². The van der Waals surface area contributed by atoms with Gasteiger partial charge in [0.2, 0.25) is 0 Å². The minimum absolute atomic E-state index is 0. The summed E-state index contributed by atoms with van der Waals surface area (Å²) in [4.78, 5) is 12.4. The summed E-state index contributed by atoms with van der Waals surface area (Å²) in [6.07, 6.45) is 4.17. The van der Waals surface area contributed by atoms with Gasteiger partial charge < -0.3 is 17.0 Å². The van der Waals surface area contributed by atoms with Crippen LogP contribution in [0.25, 0.3) is 11.3 Å². The number of Topliss-reactive ketones (excluding diaryl/α,β-unsaturated/α-hetero) is 1. The Bertz CT molecular complexity index is 778. The summed E-state index contributed by atoms with van der Waals surface area (Å²) >= 11 is 12.2. The van der Waals surface area contributed by atoms with Crippen molar-refractivity contribution in [3.63, 3.8) is 0 Å². The first-order valence-corrected chi connectivity index (χ1v) is 8.63. The SMILES string of the molecule is CC(C)(C)C(=O)C[n+]1cc(-c2ccc(Cl)c(Cl)c2)n2c1CCC2.[Br-]. The van der Waals surface area contributed by atoms with Gasteiger partial charge in [-0.05, 0) is 24.6 Å². The maximum Gasteiger partial charge on any atom is 0.257 e. The van der Waals surface area contributed by atoms with Crippen LogP contribution in [0.4, 0.5) is 0 Å². The van der Waals surface area contributed by atoms with Crippen molar-refractivity contribution in [2.75, 3.05) is 0 Å². The molecular formula is C18H21BrCl2N2O. The molecule has 3 nitrogen and oxygen atoms in total. The molecule has 24 heavy (non-hydrogen) atoms. The van der Waals surface area contributed by atoms with Crippen molar-refractivity contribution in [3.05, 3.63) is 40.3 Å². The summed E-state index contributed by atoms with van der Waals surface area (Å²) in [6, 6.07) is 5.69. The molecular weight excluding hydrogens is 411 g/mol. The number of ketones is 1. The lowest BCUT2D eigenvalue weighted by molar-refractivity contribution is -0.690. The van der Waals surface area contributed by atoms with Gasteiger partial charge in [0.15, 0.2) is 11.5 Å². The number of hydrogen-bond acceptors (Lipinski definition) is 1. The quantitative estimate of drug-likeness (QED) is 0.673. The van der Waals surface area contributed by atoms with E-state index in [1.165, 1.54) is 5.82 Å². The van der Waals surface area contributed by atoms with E-state index in [1.807, 2.05) is 39.0 Å². The van der Waals surface area contributed by atoms with E-state index in [1.54, 1.807) is 0 Å². The average molecular weight is 432 g/mol. The van der Waals surface area contributed by atoms with Crippen molar-refractivity contribution >= 4 is 29.0 Å². The second-order valence-electron chi connectivity index (χ2n) is 7.12. The Kier molecular flexibility index (Phi) is 5.83. The Morgan fingerprint density at radius 3 is 2.58 bits per heavy atom. The van der Waals surface area contributed by atoms with E-state index in [0.29, 0.717) is 16.6 Å². The zero-order valence-corrected chi connectivity index (χ0v) is 17.2. The standard InChI is InChI=1S/C18H21Cl2N2O.BrH/c1-18(2,3)16(23)11-21-10-15(22-8-4-5-17(21)22)12-6-7-13(19)14(20)9-12;/h6-7,9-10H,4-5,8,11H2,1-3H3;1H/q+1;/p-1. The Morgan fingerprint density at radius 1 is 1.25 bits per heavy atom. The second-order valence-corrected chi connectivity index (χ2v) is 7.93. The van der Waals surface area contributed by atoms with Gasteiger partial charge in [0.05, 0.1) is 23.0 Å². The number of carbonyl (C=O) groups is 1. The van der Waals surface area contributed by atoms with Crippen LogP contribution in [0.2, 0.25) is 10.0 Å². The lowest BCUT2D eigenvalue weighted by atomic mass is 9.91. The van der Waals surface area contributed by atoms with Crippen molar-refractivity contribution in [1.82, 2.24) is 4.57 Å². The molecule has 0 atom stereocenters. The fourth-order valence-electron chi connectivity index (χ4n) is 2.92. The third kappa shape index (κ3) is 3.71. The molecule has 0 aliphatic carbocycles. The highest BCUT2D eigenvalue weighted by Crippen LogP contribution is 2.30. The molecule has 6 heteroatoms. The first-order chi connectivity index (χ1) is 10.8. The van der Waals surface area contributed by atoms with Crippen molar-refractivity contribution in [2.45, 2.75) is 46.7 Å². The van der Waals surface area contributed by atoms with Gasteiger partial charge in [-0.15, -0.1) is 0 Å². The molecule has 0 saturated heterocycles. The largest absolute Gasteiger partial charge is 1.00 e. The third-order valence-electron chi connectivity index (χ3n) is 4.36. The number of halogens is 3. The number of aromatic nitrogens is 2. The first kappa shape index (κ1) is 19.5. The van der Waals surface area contributed by atoms with Crippen molar-refractivity contribution in [3.8, 4) is 11.3 Å². The van der Waals surface area contributed by atoms with Crippen LogP contribution >= 0.6 is 23.2 Å². The van der Waals surface area contributed by atoms with Gasteiger partial charge in [0.1, 0.15) is 12.7 Å². The number of nitrogens with zero attached hydrogens (tertiary/aromatic N) is 2. The fourth-order valence-corrected chi connectivity index (χ4v) is 3.22. The molecule has 3 rings (SSSR count). The fraction of sp³-hybridized carbons (Fsp3) is 0.444. The van der Waals surface area contributed by atoms with Crippen LogP contribution in [0.1, 0.15) is 33.0 Å². The Morgan fingerprint density at radius 2 is 1.96 bits per heavy atom. The van der Waals surface area contributed by atoms with Crippen molar-refractivity contribution in [2.24, 2.45) is 5.41 Å². The smallest absolute Gasteiger partial charge is 0.257 e. The minimum atomic E-state index is -0.329. The molecule has 2 aromatic rings. The molecule has 0 bridgehead atoms. The summed E-state index contributed by atoms with van der Waals surface area (Å²) in [5, 5.41) is 1.11. The van der Waals surface area contributed by atoms with Gasteiger partial charge in [-0.2, -0.15) is 0 Å². The molecule has 0 amide bonds. The maximum atomic E-state index is 12.4. The maximum absolute atomic E-state index is 12.4. The summed E-state index contributed by atoms with van der Waals surface area (Å²) in [5.74, 6) is 1.45. The van der Waals surface area contributed by atoms with Gasteiger partial charge in [0, 0.05) is 11.0 Å². The van der Waals surface area contributed by atoms with E-state index >= 15 is 0 Å². The highest BCUT2D eigenvalue weighted by atomic mass is 79.9. The summed E-state index contributed by atoms with van der Waals surface area (Å²) in [6.45, 7) is 7.28. The normalized spacial score (nSPS) is 13.5. The molecule has 0 fully saturated rings. The van der Waals surface area contributed by atoms with Crippen LogP contribution in [0.3, 0.4) is 0 Å². The van der Waals surface area contributed by atoms with Crippen molar-refractivity contribution in [1.29, 1.82) is 0 Å². The third-order valence-corrected chi connectivity index (χ3v) is 5.10. The molecule has 1 aliphatic heterocycles. The van der Waals surface area contributed by atoms with E-state index in [9.17, 15) is 4.79 Å². The number of rotatable bonds is 3. The summed E-state index contributed by atoms with van der Waals surface area (Å²) in [7, 11) is 0. The molecule has 2 heterocycles. The topological polar surface area (TPSA) is 25.9 Å². The molecule has 1 aromatic heterocycles. The minimum Gasteiger partial charge on any atom is -1.00 e. The predicted molar refractivity (Wildman–Crippen MR) is 92.9 cm³/mol. The Labute approximate surface area is 163 Å². The van der Waals surface area contributed by atoms with Crippen LogP contribution in [-0.2, 0) is 24.3 Å². The first-order valence-electron chi connectivity index (χ1n) is 7.88. The highest BCUT2D eigenvalue weighted by Gasteiger charge is 2.32. The van der Waals surface area contributed by atoms with Gasteiger partial charge in [0.25, 0.3) is 5.82 Å². The van der Waals surface area contributed by atoms with Crippen LogP contribution in [0.5, 0.6) is 0 Å². The number of benzene rings is 1. The molecule has 130 valence electrons. The number of fused-ring (bicyclic) bond motifs is 1. The molecule has 1 aliphatic rings. The number of hydrogen-bond donors (Lipinski definition) is 0. The summed E-state index contributed by atoms with van der Waals surface area (Å²) < 4.78 is 4.38. The van der Waals surface area contributed by atoms with Crippen LogP contribution in [0.15, 0.2) is 24.4 Å². The van der Waals surface area contributed by atoms with E-state index in [-0.39, 0.29) is 28.2 Å². The van der Waals surface area contributed by atoms with Gasteiger partial charge in [-0.1, -0.05) is 44.0 Å². The predicted octanol–water partition coefficient (Wildman–Crippen LogP) is 1.31. The zero-order chi connectivity index (χ0) is 16.8.